The number of carbonyl (C=O) groups is 1. The average Bonchev–Trinajstić information content (AvgIpc) is 2.76. The Labute approximate surface area is 112 Å². The molecule has 1 N–H and O–H groups in total. The van der Waals surface area contributed by atoms with Gasteiger partial charge in [-0.05, 0) is 46.6 Å². The number of halogens is 1. The molecule has 0 atom stereocenters. The van der Waals surface area contributed by atoms with Crippen molar-refractivity contribution in [1.29, 1.82) is 0 Å². The molecule has 5 heteroatoms. The van der Waals surface area contributed by atoms with Crippen LogP contribution in [0.15, 0.2) is 40.4 Å². The van der Waals surface area contributed by atoms with E-state index in [0.29, 0.717) is 12.1 Å². The largest absolute Gasteiger partial charge is 0.352 e. The minimum Gasteiger partial charge on any atom is -0.352 e. The number of hydrogen-bond donors (Lipinski definition) is 1. The van der Waals surface area contributed by atoms with E-state index in [1.54, 1.807) is 35.9 Å². The summed E-state index contributed by atoms with van der Waals surface area (Å²) in [6.07, 6.45) is 4.07. The minimum atomic E-state index is -0.0753. The van der Waals surface area contributed by atoms with Crippen LogP contribution >= 0.6 is 27.3 Å². The van der Waals surface area contributed by atoms with Crippen LogP contribution in [-0.2, 0) is 6.42 Å². The highest BCUT2D eigenvalue weighted by atomic mass is 79.9. The first-order valence-corrected chi connectivity index (χ1v) is 6.79. The predicted molar refractivity (Wildman–Crippen MR) is 72.3 cm³/mol. The number of aromatic nitrogens is 1. The first-order chi connectivity index (χ1) is 8.25. The van der Waals surface area contributed by atoms with E-state index in [-0.39, 0.29) is 5.91 Å². The van der Waals surface area contributed by atoms with Gasteiger partial charge in [-0.25, -0.2) is 0 Å². The zero-order valence-corrected chi connectivity index (χ0v) is 11.4. The van der Waals surface area contributed by atoms with E-state index in [1.165, 1.54) is 4.88 Å². The number of rotatable bonds is 4. The summed E-state index contributed by atoms with van der Waals surface area (Å²) in [5, 5.41) is 2.87. The van der Waals surface area contributed by atoms with Gasteiger partial charge in [-0.3, -0.25) is 9.78 Å². The van der Waals surface area contributed by atoms with Crippen LogP contribution in [0.4, 0.5) is 0 Å². The van der Waals surface area contributed by atoms with Gasteiger partial charge in [0.15, 0.2) is 0 Å². The van der Waals surface area contributed by atoms with Crippen LogP contribution in [0, 0.1) is 0 Å². The lowest BCUT2D eigenvalue weighted by Gasteiger charge is -2.03. The highest BCUT2D eigenvalue weighted by Gasteiger charge is 2.04. The molecule has 0 aromatic carbocycles. The molecule has 0 aliphatic heterocycles. The van der Waals surface area contributed by atoms with E-state index in [9.17, 15) is 4.79 Å². The Balaban J connectivity index is 1.81. The second-order valence-electron chi connectivity index (χ2n) is 3.45. The molecule has 88 valence electrons. The Morgan fingerprint density at radius 1 is 1.41 bits per heavy atom. The zero-order chi connectivity index (χ0) is 12.1. The van der Waals surface area contributed by atoms with Crippen LogP contribution in [0.3, 0.4) is 0 Å². The Hall–Kier alpha value is -1.20. The number of pyridine rings is 1. The van der Waals surface area contributed by atoms with Crippen LogP contribution in [0.1, 0.15) is 15.2 Å². The Morgan fingerprint density at radius 3 is 2.94 bits per heavy atom. The van der Waals surface area contributed by atoms with Gasteiger partial charge in [0.2, 0.25) is 0 Å². The third-order valence-corrected chi connectivity index (χ3v) is 3.89. The number of nitrogens with one attached hydrogen (secondary N) is 1. The molecule has 1 amide bonds. The molecule has 0 radical (unpaired) electrons. The van der Waals surface area contributed by atoms with Crippen molar-refractivity contribution in [1.82, 2.24) is 10.3 Å². The van der Waals surface area contributed by atoms with Crippen molar-refractivity contribution in [2.45, 2.75) is 6.42 Å². The van der Waals surface area contributed by atoms with Gasteiger partial charge in [0.25, 0.3) is 5.91 Å². The molecule has 0 spiro atoms. The molecule has 0 fully saturated rings. The molecule has 0 bridgehead atoms. The van der Waals surface area contributed by atoms with E-state index >= 15 is 0 Å². The predicted octanol–water partition coefficient (Wildman–Crippen LogP) is 2.88. The summed E-state index contributed by atoms with van der Waals surface area (Å²) in [4.78, 5) is 16.8. The van der Waals surface area contributed by atoms with Gasteiger partial charge >= 0.3 is 0 Å². The molecule has 2 aromatic heterocycles. The first kappa shape index (κ1) is 12.3. The molecule has 0 unspecified atom stereocenters. The molecule has 17 heavy (non-hydrogen) atoms. The van der Waals surface area contributed by atoms with E-state index in [4.69, 9.17) is 0 Å². The van der Waals surface area contributed by atoms with Crippen LogP contribution in [0.25, 0.3) is 0 Å². The van der Waals surface area contributed by atoms with Crippen LogP contribution < -0.4 is 5.32 Å². The fraction of sp³-hybridized carbons (Fsp3) is 0.167. The van der Waals surface area contributed by atoms with E-state index in [0.717, 1.165) is 10.2 Å². The second kappa shape index (κ2) is 5.93. The number of carbonyl (C=O) groups excluding carboxylic acids is 1. The van der Waals surface area contributed by atoms with Crippen molar-refractivity contribution in [2.75, 3.05) is 6.54 Å². The maximum atomic E-state index is 11.7. The lowest BCUT2D eigenvalue weighted by molar-refractivity contribution is 0.0954. The van der Waals surface area contributed by atoms with Gasteiger partial charge in [0.05, 0.1) is 9.35 Å². The van der Waals surface area contributed by atoms with Gasteiger partial charge in [-0.1, -0.05) is 0 Å². The summed E-state index contributed by atoms with van der Waals surface area (Å²) >= 11 is 5.10. The SMILES string of the molecule is O=C(NCCc1ccc(Br)s1)c1cccnc1. The van der Waals surface area contributed by atoms with E-state index in [1.807, 2.05) is 6.07 Å². The van der Waals surface area contributed by atoms with Gasteiger partial charge in [0.1, 0.15) is 0 Å². The lowest BCUT2D eigenvalue weighted by Crippen LogP contribution is -2.25. The van der Waals surface area contributed by atoms with Crippen LogP contribution in [-0.4, -0.2) is 17.4 Å². The third kappa shape index (κ3) is 3.64. The van der Waals surface area contributed by atoms with Crippen molar-refractivity contribution in [3.05, 3.63) is 50.9 Å². The first-order valence-electron chi connectivity index (χ1n) is 5.18. The molecule has 2 aromatic rings. The molecule has 0 aliphatic rings. The van der Waals surface area contributed by atoms with Crippen LogP contribution in [0.5, 0.6) is 0 Å². The molecular formula is C12H11BrN2OS. The summed E-state index contributed by atoms with van der Waals surface area (Å²) in [6, 6.07) is 7.59. The van der Waals surface area contributed by atoms with E-state index in [2.05, 4.69) is 32.3 Å². The van der Waals surface area contributed by atoms with Crippen molar-refractivity contribution < 1.29 is 4.79 Å². The Bertz CT molecular complexity index is 498. The average molecular weight is 311 g/mol. The lowest BCUT2D eigenvalue weighted by atomic mass is 10.2. The minimum absolute atomic E-state index is 0.0753. The fourth-order valence-corrected chi connectivity index (χ4v) is 2.87. The van der Waals surface area contributed by atoms with Crippen molar-refractivity contribution in [2.24, 2.45) is 0 Å². The molecule has 0 saturated carbocycles. The normalized spacial score (nSPS) is 10.2. The summed E-state index contributed by atoms with van der Waals surface area (Å²) in [5.41, 5.74) is 0.597. The molecule has 0 saturated heterocycles. The summed E-state index contributed by atoms with van der Waals surface area (Å²) < 4.78 is 1.12. The molecular weight excluding hydrogens is 300 g/mol. The zero-order valence-electron chi connectivity index (χ0n) is 9.02. The number of thiophene rings is 1. The smallest absolute Gasteiger partial charge is 0.252 e. The Morgan fingerprint density at radius 2 is 2.29 bits per heavy atom. The molecule has 0 aliphatic carbocycles. The molecule has 3 nitrogen and oxygen atoms in total. The van der Waals surface area contributed by atoms with Gasteiger partial charge < -0.3 is 5.32 Å². The quantitative estimate of drug-likeness (QED) is 0.943. The van der Waals surface area contributed by atoms with Gasteiger partial charge in [-0.15, -0.1) is 11.3 Å². The molecule has 2 rings (SSSR count). The highest BCUT2D eigenvalue weighted by Crippen LogP contribution is 2.22. The number of amides is 1. The third-order valence-electron chi connectivity index (χ3n) is 2.21. The second-order valence-corrected chi connectivity index (χ2v) is 6.00. The van der Waals surface area contributed by atoms with Gasteiger partial charge in [-0.2, -0.15) is 0 Å². The highest BCUT2D eigenvalue weighted by molar-refractivity contribution is 9.11. The number of hydrogen-bond acceptors (Lipinski definition) is 3. The topological polar surface area (TPSA) is 42.0 Å². The van der Waals surface area contributed by atoms with Crippen LogP contribution in [0.2, 0.25) is 0 Å². The van der Waals surface area contributed by atoms with Crippen molar-refractivity contribution in [3.8, 4) is 0 Å². The summed E-state index contributed by atoms with van der Waals surface area (Å²) in [5.74, 6) is -0.0753. The number of nitrogens with zero attached hydrogens (tertiary/aromatic N) is 1. The van der Waals surface area contributed by atoms with Gasteiger partial charge in [0, 0.05) is 23.8 Å². The summed E-state index contributed by atoms with van der Waals surface area (Å²) in [6.45, 7) is 0.640. The maximum Gasteiger partial charge on any atom is 0.252 e. The standard InChI is InChI=1S/C12H11BrN2OS/c13-11-4-3-10(17-11)5-7-15-12(16)9-2-1-6-14-8-9/h1-4,6,8H,5,7H2,(H,15,16). The maximum absolute atomic E-state index is 11.7. The van der Waals surface area contributed by atoms with Crippen molar-refractivity contribution >= 4 is 33.2 Å². The summed E-state index contributed by atoms with van der Waals surface area (Å²) in [7, 11) is 0. The van der Waals surface area contributed by atoms with Crippen molar-refractivity contribution in [3.63, 3.8) is 0 Å². The van der Waals surface area contributed by atoms with E-state index < -0.39 is 0 Å². The Kier molecular flexibility index (Phi) is 4.28. The molecule has 2 heterocycles. The fourth-order valence-electron chi connectivity index (χ4n) is 1.38. The monoisotopic (exact) mass is 310 g/mol.